The van der Waals surface area contributed by atoms with Gasteiger partial charge < -0.3 is 19.7 Å². The predicted molar refractivity (Wildman–Crippen MR) is 110 cm³/mol. The van der Waals surface area contributed by atoms with Crippen LogP contribution < -0.4 is 19.7 Å². The topological polar surface area (TPSA) is 72.4 Å². The molecule has 7 nitrogen and oxygen atoms in total. The zero-order chi connectivity index (χ0) is 19.9. The van der Waals surface area contributed by atoms with Crippen molar-refractivity contribution < 1.29 is 9.47 Å². The van der Waals surface area contributed by atoms with E-state index in [1.54, 1.807) is 26.5 Å². The fraction of sp³-hybridized carbons (Fsp3) is 0.286. The minimum Gasteiger partial charge on any atom is -0.497 e. The summed E-state index contributed by atoms with van der Waals surface area (Å²) in [5.74, 6) is 2.51. The molecule has 0 bridgehead atoms. The lowest BCUT2D eigenvalue weighted by Crippen LogP contribution is -2.31. The maximum Gasteiger partial charge on any atom is 0.249 e. The van der Waals surface area contributed by atoms with Crippen LogP contribution >= 0.6 is 0 Å². The highest BCUT2D eigenvalue weighted by atomic mass is 16.5. The lowest BCUT2D eigenvalue weighted by atomic mass is 10.2. The third kappa shape index (κ3) is 4.68. The molecule has 7 heteroatoms. The summed E-state index contributed by atoms with van der Waals surface area (Å²) in [6.07, 6.45) is 1.68. The Bertz CT molecular complexity index is 902. The van der Waals surface area contributed by atoms with E-state index >= 15 is 0 Å². The second kappa shape index (κ2) is 9.03. The molecule has 0 amide bonds. The molecule has 2 aromatic carbocycles. The summed E-state index contributed by atoms with van der Waals surface area (Å²) in [6, 6.07) is 16.0. The number of ether oxygens (including phenoxy) is 2. The fourth-order valence-electron chi connectivity index (χ4n) is 2.82. The first kappa shape index (κ1) is 19.4. The van der Waals surface area contributed by atoms with Gasteiger partial charge in [-0.3, -0.25) is 0 Å². The molecule has 0 saturated heterocycles. The van der Waals surface area contributed by atoms with E-state index in [1.165, 1.54) is 5.56 Å². The summed E-state index contributed by atoms with van der Waals surface area (Å²) in [7, 11) is 3.22. The molecule has 0 aliphatic rings. The smallest absolute Gasteiger partial charge is 0.249 e. The van der Waals surface area contributed by atoms with Crippen LogP contribution in [0.5, 0.6) is 11.5 Å². The summed E-state index contributed by atoms with van der Waals surface area (Å²) in [4.78, 5) is 6.84. The second-order valence-electron chi connectivity index (χ2n) is 6.54. The van der Waals surface area contributed by atoms with Gasteiger partial charge >= 0.3 is 0 Å². The van der Waals surface area contributed by atoms with Crippen molar-refractivity contribution in [3.05, 3.63) is 60.3 Å². The van der Waals surface area contributed by atoms with E-state index in [-0.39, 0.29) is 6.04 Å². The molecule has 0 saturated carbocycles. The average Bonchev–Trinajstić information content (AvgIpc) is 2.73. The quantitative estimate of drug-likeness (QED) is 0.633. The van der Waals surface area contributed by atoms with Crippen LogP contribution in [0.1, 0.15) is 19.4 Å². The third-order valence-corrected chi connectivity index (χ3v) is 4.31. The Labute approximate surface area is 165 Å². The van der Waals surface area contributed by atoms with Gasteiger partial charge in [-0.15, -0.1) is 5.10 Å². The van der Waals surface area contributed by atoms with Crippen molar-refractivity contribution in [3.8, 4) is 11.5 Å². The molecule has 3 aromatic rings. The minimum atomic E-state index is 0.250. The first-order chi connectivity index (χ1) is 13.6. The van der Waals surface area contributed by atoms with E-state index in [9.17, 15) is 0 Å². The first-order valence-electron chi connectivity index (χ1n) is 9.10. The molecule has 0 aliphatic carbocycles. The van der Waals surface area contributed by atoms with Crippen molar-refractivity contribution in [3.63, 3.8) is 0 Å². The molecule has 1 heterocycles. The Morgan fingerprint density at radius 3 is 2.50 bits per heavy atom. The van der Waals surface area contributed by atoms with Crippen LogP contribution in [0.15, 0.2) is 54.7 Å². The van der Waals surface area contributed by atoms with Gasteiger partial charge in [0.2, 0.25) is 5.95 Å². The van der Waals surface area contributed by atoms with Crippen LogP contribution in [0.4, 0.5) is 17.5 Å². The molecule has 1 aromatic heterocycles. The molecule has 0 radical (unpaired) electrons. The van der Waals surface area contributed by atoms with E-state index in [0.29, 0.717) is 17.4 Å². The largest absolute Gasteiger partial charge is 0.497 e. The molecule has 28 heavy (non-hydrogen) atoms. The van der Waals surface area contributed by atoms with E-state index in [4.69, 9.17) is 9.47 Å². The van der Waals surface area contributed by atoms with E-state index < -0.39 is 0 Å². The van der Waals surface area contributed by atoms with Crippen molar-refractivity contribution >= 4 is 17.5 Å². The molecule has 0 spiro atoms. The van der Waals surface area contributed by atoms with Crippen LogP contribution in [-0.4, -0.2) is 35.4 Å². The van der Waals surface area contributed by atoms with Gasteiger partial charge in [-0.25, -0.2) is 0 Å². The van der Waals surface area contributed by atoms with Crippen LogP contribution in [0.25, 0.3) is 0 Å². The van der Waals surface area contributed by atoms with Crippen molar-refractivity contribution in [1.29, 1.82) is 0 Å². The standard InChI is InChI=1S/C21H25N5O2/c1-15(2)26(14-16-8-6-5-7-9-16)20-13-22-25-21(24-20)23-18-11-10-17(27-3)12-19(18)28-4/h5-13,15H,14H2,1-4H3,(H,23,24,25). The Morgan fingerprint density at radius 1 is 1.04 bits per heavy atom. The molecule has 0 aliphatic heterocycles. The van der Waals surface area contributed by atoms with Gasteiger partial charge in [0.1, 0.15) is 11.5 Å². The number of benzene rings is 2. The summed E-state index contributed by atoms with van der Waals surface area (Å²) >= 11 is 0. The number of rotatable bonds is 8. The van der Waals surface area contributed by atoms with Gasteiger partial charge in [0.05, 0.1) is 26.1 Å². The van der Waals surface area contributed by atoms with Gasteiger partial charge in [-0.05, 0) is 31.5 Å². The number of aromatic nitrogens is 3. The number of hydrogen-bond donors (Lipinski definition) is 1. The first-order valence-corrected chi connectivity index (χ1v) is 9.10. The highest BCUT2D eigenvalue weighted by molar-refractivity contribution is 5.64. The van der Waals surface area contributed by atoms with Gasteiger partial charge in [0.25, 0.3) is 0 Å². The molecule has 1 N–H and O–H groups in total. The summed E-state index contributed by atoms with van der Waals surface area (Å²) in [6.45, 7) is 5.00. The maximum absolute atomic E-state index is 5.43. The zero-order valence-electron chi connectivity index (χ0n) is 16.6. The van der Waals surface area contributed by atoms with E-state index in [1.807, 2.05) is 30.3 Å². The second-order valence-corrected chi connectivity index (χ2v) is 6.54. The van der Waals surface area contributed by atoms with E-state index in [0.717, 1.165) is 18.1 Å². The van der Waals surface area contributed by atoms with Crippen molar-refractivity contribution in [2.24, 2.45) is 0 Å². The molecular formula is C21H25N5O2. The zero-order valence-corrected chi connectivity index (χ0v) is 16.6. The van der Waals surface area contributed by atoms with Crippen LogP contribution in [0.2, 0.25) is 0 Å². The molecular weight excluding hydrogens is 354 g/mol. The van der Waals surface area contributed by atoms with Crippen molar-refractivity contribution in [1.82, 2.24) is 15.2 Å². The SMILES string of the molecule is COc1ccc(Nc2nncc(N(Cc3ccccc3)C(C)C)n2)c(OC)c1. The van der Waals surface area contributed by atoms with Gasteiger partial charge in [0, 0.05) is 18.7 Å². The van der Waals surface area contributed by atoms with Crippen LogP contribution in [0.3, 0.4) is 0 Å². The van der Waals surface area contributed by atoms with Crippen LogP contribution in [-0.2, 0) is 6.54 Å². The summed E-state index contributed by atoms with van der Waals surface area (Å²) in [5, 5.41) is 11.4. The predicted octanol–water partition coefficient (Wildman–Crippen LogP) is 4.05. The Kier molecular flexibility index (Phi) is 6.26. The third-order valence-electron chi connectivity index (χ3n) is 4.31. The lowest BCUT2D eigenvalue weighted by Gasteiger charge is -2.27. The van der Waals surface area contributed by atoms with Crippen molar-refractivity contribution in [2.75, 3.05) is 24.4 Å². The molecule has 146 valence electrons. The minimum absolute atomic E-state index is 0.250. The van der Waals surface area contributed by atoms with E-state index in [2.05, 4.69) is 51.4 Å². The number of nitrogens with zero attached hydrogens (tertiary/aromatic N) is 4. The van der Waals surface area contributed by atoms with Gasteiger partial charge in [-0.2, -0.15) is 10.1 Å². The number of nitrogens with one attached hydrogen (secondary N) is 1. The normalized spacial score (nSPS) is 10.6. The highest BCUT2D eigenvalue weighted by Gasteiger charge is 2.15. The van der Waals surface area contributed by atoms with Gasteiger partial charge in [0.15, 0.2) is 5.82 Å². The average molecular weight is 379 g/mol. The summed E-state index contributed by atoms with van der Waals surface area (Å²) in [5.41, 5.74) is 1.95. The molecule has 0 atom stereocenters. The monoisotopic (exact) mass is 379 g/mol. The van der Waals surface area contributed by atoms with Crippen LogP contribution in [0, 0.1) is 0 Å². The lowest BCUT2D eigenvalue weighted by molar-refractivity contribution is 0.395. The maximum atomic E-state index is 5.43. The Balaban J connectivity index is 1.84. The molecule has 0 unspecified atom stereocenters. The molecule has 3 rings (SSSR count). The Morgan fingerprint density at radius 2 is 1.82 bits per heavy atom. The van der Waals surface area contributed by atoms with Crippen molar-refractivity contribution in [2.45, 2.75) is 26.4 Å². The molecule has 0 fully saturated rings. The Hall–Kier alpha value is -3.35. The number of anilines is 3. The van der Waals surface area contributed by atoms with Gasteiger partial charge in [-0.1, -0.05) is 30.3 Å². The number of hydrogen-bond acceptors (Lipinski definition) is 7. The highest BCUT2D eigenvalue weighted by Crippen LogP contribution is 2.31. The number of methoxy groups -OCH3 is 2. The summed E-state index contributed by atoms with van der Waals surface area (Å²) < 4.78 is 10.7. The fourth-order valence-corrected chi connectivity index (χ4v) is 2.82.